The number of rotatable bonds is 5. The number of carbonyl (C=O) groups is 2. The molecule has 0 saturated carbocycles. The molecule has 1 amide bonds. The Morgan fingerprint density at radius 2 is 1.88 bits per heavy atom. The summed E-state index contributed by atoms with van der Waals surface area (Å²) in [7, 11) is 0. The lowest BCUT2D eigenvalue weighted by Gasteiger charge is -2.20. The molecule has 0 aromatic carbocycles. The lowest BCUT2D eigenvalue weighted by molar-refractivity contribution is -0.140. The van der Waals surface area contributed by atoms with Crippen molar-refractivity contribution in [2.45, 2.75) is 32.7 Å². The van der Waals surface area contributed by atoms with Crippen LogP contribution in [-0.4, -0.2) is 47.6 Å². The molecule has 0 bridgehead atoms. The van der Waals surface area contributed by atoms with Crippen LogP contribution in [0.2, 0.25) is 0 Å². The molecule has 0 aromatic heterocycles. The Morgan fingerprint density at radius 3 is 2.31 bits per heavy atom. The van der Waals surface area contributed by atoms with Gasteiger partial charge in [0.2, 0.25) is 5.91 Å². The lowest BCUT2D eigenvalue weighted by atomic mass is 10.1. The summed E-state index contributed by atoms with van der Waals surface area (Å²) in [5, 5.41) is 11.7. The number of carbonyl (C=O) groups excluding carboxylic acids is 1. The fourth-order valence-corrected chi connectivity index (χ4v) is 1.88. The molecule has 1 aliphatic heterocycles. The second-order valence-electron chi connectivity index (χ2n) is 4.53. The number of hydrogen-bond acceptors (Lipinski definition) is 3. The van der Waals surface area contributed by atoms with E-state index in [1.54, 1.807) is 4.90 Å². The number of carboxylic acids is 1. The zero-order valence-electron chi connectivity index (χ0n) is 9.90. The first kappa shape index (κ1) is 13.0. The first-order chi connectivity index (χ1) is 7.52. The fraction of sp³-hybridized carbons (Fsp3) is 0.818. The van der Waals surface area contributed by atoms with Gasteiger partial charge in [-0.2, -0.15) is 0 Å². The number of nitrogens with one attached hydrogen (secondary N) is 1. The summed E-state index contributed by atoms with van der Waals surface area (Å²) in [4.78, 5) is 24.3. The Balaban J connectivity index is 2.36. The number of hydrogen-bond donors (Lipinski definition) is 2. The van der Waals surface area contributed by atoms with Crippen LogP contribution in [0.5, 0.6) is 0 Å². The highest BCUT2D eigenvalue weighted by Gasteiger charge is 2.23. The zero-order chi connectivity index (χ0) is 12.1. The minimum atomic E-state index is -0.899. The van der Waals surface area contributed by atoms with Crippen LogP contribution in [-0.2, 0) is 9.59 Å². The highest BCUT2D eigenvalue weighted by molar-refractivity contribution is 5.80. The average molecular weight is 228 g/mol. The van der Waals surface area contributed by atoms with Crippen LogP contribution in [0.3, 0.4) is 0 Å². The molecule has 1 aliphatic rings. The van der Waals surface area contributed by atoms with Crippen molar-refractivity contribution in [1.29, 1.82) is 0 Å². The van der Waals surface area contributed by atoms with E-state index in [2.05, 4.69) is 5.32 Å². The summed E-state index contributed by atoms with van der Waals surface area (Å²) in [6.45, 7) is 5.38. The Morgan fingerprint density at radius 1 is 1.31 bits per heavy atom. The van der Waals surface area contributed by atoms with Crippen LogP contribution >= 0.6 is 0 Å². The first-order valence-corrected chi connectivity index (χ1v) is 5.76. The molecule has 2 N–H and O–H groups in total. The summed E-state index contributed by atoms with van der Waals surface area (Å²) in [6, 6.07) is -0.647. The summed E-state index contributed by atoms with van der Waals surface area (Å²) in [5.74, 6) is -0.919. The molecule has 0 spiro atoms. The summed E-state index contributed by atoms with van der Waals surface area (Å²) in [6.07, 6.45) is 2.11. The van der Waals surface area contributed by atoms with Crippen molar-refractivity contribution < 1.29 is 14.7 Å². The molecular formula is C11H20N2O3. The standard InChI is InChI=1S/C11H20N2O3/c1-8(2)10(11(15)16)12-7-9(14)13-5-3-4-6-13/h8,10,12H,3-7H2,1-2H3,(H,15,16). The number of nitrogens with zero attached hydrogens (tertiary/aromatic N) is 1. The lowest BCUT2D eigenvalue weighted by Crippen LogP contribution is -2.46. The van der Waals surface area contributed by atoms with E-state index in [4.69, 9.17) is 5.11 Å². The maximum absolute atomic E-state index is 11.7. The SMILES string of the molecule is CC(C)C(NCC(=O)N1CCCC1)C(=O)O. The van der Waals surface area contributed by atoms with Crippen molar-refractivity contribution in [3.05, 3.63) is 0 Å². The van der Waals surface area contributed by atoms with Crippen molar-refractivity contribution in [1.82, 2.24) is 10.2 Å². The largest absolute Gasteiger partial charge is 0.480 e. The molecule has 0 radical (unpaired) electrons. The number of likely N-dealkylation sites (tertiary alicyclic amines) is 1. The van der Waals surface area contributed by atoms with Gasteiger partial charge in [-0.15, -0.1) is 0 Å². The van der Waals surface area contributed by atoms with E-state index in [-0.39, 0.29) is 18.4 Å². The van der Waals surface area contributed by atoms with Gasteiger partial charge in [-0.25, -0.2) is 0 Å². The molecule has 1 rings (SSSR count). The molecule has 16 heavy (non-hydrogen) atoms. The Kier molecular flexibility index (Phi) is 4.73. The molecule has 0 aliphatic carbocycles. The summed E-state index contributed by atoms with van der Waals surface area (Å²) < 4.78 is 0. The highest BCUT2D eigenvalue weighted by Crippen LogP contribution is 2.07. The normalized spacial score (nSPS) is 17.8. The third kappa shape index (κ3) is 3.48. The number of carboxylic acid groups (broad SMARTS) is 1. The third-order valence-corrected chi connectivity index (χ3v) is 2.86. The van der Waals surface area contributed by atoms with E-state index in [0.717, 1.165) is 25.9 Å². The zero-order valence-corrected chi connectivity index (χ0v) is 9.90. The molecule has 1 unspecified atom stereocenters. The van der Waals surface area contributed by atoms with Gasteiger partial charge in [0.15, 0.2) is 0 Å². The van der Waals surface area contributed by atoms with Crippen molar-refractivity contribution in [3.8, 4) is 0 Å². The van der Waals surface area contributed by atoms with Gasteiger partial charge < -0.3 is 10.0 Å². The van der Waals surface area contributed by atoms with Crippen molar-refractivity contribution in [2.24, 2.45) is 5.92 Å². The van der Waals surface area contributed by atoms with Crippen LogP contribution in [0.4, 0.5) is 0 Å². The molecule has 0 aromatic rings. The maximum atomic E-state index is 11.7. The quantitative estimate of drug-likeness (QED) is 0.710. The van der Waals surface area contributed by atoms with E-state index < -0.39 is 12.0 Å². The Bertz CT molecular complexity index is 260. The highest BCUT2D eigenvalue weighted by atomic mass is 16.4. The molecule has 1 saturated heterocycles. The van der Waals surface area contributed by atoms with Gasteiger partial charge in [-0.05, 0) is 18.8 Å². The van der Waals surface area contributed by atoms with Gasteiger partial charge in [0.05, 0.1) is 6.54 Å². The van der Waals surface area contributed by atoms with Gasteiger partial charge in [-0.3, -0.25) is 14.9 Å². The minimum absolute atomic E-state index is 0.00407. The average Bonchev–Trinajstić information content (AvgIpc) is 2.69. The molecule has 5 heteroatoms. The Hall–Kier alpha value is -1.10. The smallest absolute Gasteiger partial charge is 0.320 e. The van der Waals surface area contributed by atoms with Gasteiger partial charge in [-0.1, -0.05) is 13.8 Å². The molecule has 92 valence electrons. The molecular weight excluding hydrogens is 208 g/mol. The van der Waals surface area contributed by atoms with Crippen LogP contribution in [0, 0.1) is 5.92 Å². The van der Waals surface area contributed by atoms with Gasteiger partial charge in [0, 0.05) is 13.1 Å². The monoisotopic (exact) mass is 228 g/mol. The van der Waals surface area contributed by atoms with E-state index in [9.17, 15) is 9.59 Å². The van der Waals surface area contributed by atoms with Crippen molar-refractivity contribution >= 4 is 11.9 Å². The van der Waals surface area contributed by atoms with Crippen LogP contribution in [0.15, 0.2) is 0 Å². The van der Waals surface area contributed by atoms with E-state index in [1.807, 2.05) is 13.8 Å². The minimum Gasteiger partial charge on any atom is -0.480 e. The maximum Gasteiger partial charge on any atom is 0.320 e. The summed E-state index contributed by atoms with van der Waals surface area (Å²) >= 11 is 0. The van der Waals surface area contributed by atoms with Gasteiger partial charge in [0.1, 0.15) is 6.04 Å². The molecule has 1 heterocycles. The molecule has 5 nitrogen and oxygen atoms in total. The number of aliphatic carboxylic acids is 1. The van der Waals surface area contributed by atoms with Crippen molar-refractivity contribution in [2.75, 3.05) is 19.6 Å². The second kappa shape index (κ2) is 5.84. The fourth-order valence-electron chi connectivity index (χ4n) is 1.88. The van der Waals surface area contributed by atoms with E-state index in [0.29, 0.717) is 0 Å². The van der Waals surface area contributed by atoms with Crippen LogP contribution in [0.1, 0.15) is 26.7 Å². The van der Waals surface area contributed by atoms with E-state index in [1.165, 1.54) is 0 Å². The predicted molar refractivity (Wildman–Crippen MR) is 60.1 cm³/mol. The second-order valence-corrected chi connectivity index (χ2v) is 4.53. The molecule has 1 fully saturated rings. The van der Waals surface area contributed by atoms with Gasteiger partial charge in [0.25, 0.3) is 0 Å². The van der Waals surface area contributed by atoms with E-state index >= 15 is 0 Å². The first-order valence-electron chi connectivity index (χ1n) is 5.76. The Labute approximate surface area is 95.8 Å². The third-order valence-electron chi connectivity index (χ3n) is 2.86. The molecule has 1 atom stereocenters. The summed E-state index contributed by atoms with van der Waals surface area (Å²) in [5.41, 5.74) is 0. The van der Waals surface area contributed by atoms with Crippen LogP contribution in [0.25, 0.3) is 0 Å². The van der Waals surface area contributed by atoms with Crippen molar-refractivity contribution in [3.63, 3.8) is 0 Å². The predicted octanol–water partition coefficient (Wildman–Crippen LogP) is 0.308. The topological polar surface area (TPSA) is 69.6 Å². The van der Waals surface area contributed by atoms with Gasteiger partial charge >= 0.3 is 5.97 Å². The number of amides is 1. The van der Waals surface area contributed by atoms with Crippen LogP contribution < -0.4 is 5.32 Å².